The van der Waals surface area contributed by atoms with E-state index in [0.29, 0.717) is 10.7 Å². The zero-order valence-corrected chi connectivity index (χ0v) is 4.01. The number of rotatable bonds is 0. The largest absolute Gasteiger partial charge is 0.318 e. The Bertz CT molecular complexity index is 128. The van der Waals surface area contributed by atoms with Crippen LogP contribution >= 0.6 is 0 Å². The molecule has 38 valence electrons. The van der Waals surface area contributed by atoms with E-state index >= 15 is 0 Å². The van der Waals surface area contributed by atoms with Crippen molar-refractivity contribution in [1.29, 1.82) is 0 Å². The van der Waals surface area contributed by atoms with Gasteiger partial charge in [-0.25, -0.2) is 0 Å². The summed E-state index contributed by atoms with van der Waals surface area (Å²) in [4.78, 5) is 14.6. The lowest BCUT2D eigenvalue weighted by atomic mass is 10.7. The third-order valence-corrected chi connectivity index (χ3v) is 0.723. The monoisotopic (exact) mass is 100 g/mol. The molecule has 1 rings (SSSR count). The van der Waals surface area contributed by atoms with E-state index < -0.39 is 0 Å². The molecule has 1 aliphatic heterocycles. The van der Waals surface area contributed by atoms with Gasteiger partial charge in [0, 0.05) is 0 Å². The molecule has 0 saturated carbocycles. The summed E-state index contributed by atoms with van der Waals surface area (Å²) >= 11 is 0. The standard InChI is InChI=1S/C3H6N3O/c1-3-4-2-6(7)5-3/h2H2,1H3,(H,4,5,7)/q+1. The first-order chi connectivity index (χ1) is 3.29. The second-order valence-corrected chi connectivity index (χ2v) is 1.38. The highest BCUT2D eigenvalue weighted by Gasteiger charge is 2.13. The molecular formula is C3H6N3O+. The Morgan fingerprint density at radius 1 is 2.00 bits per heavy atom. The van der Waals surface area contributed by atoms with Crippen LogP contribution in [0.5, 0.6) is 0 Å². The van der Waals surface area contributed by atoms with Crippen LogP contribution in [-0.4, -0.2) is 17.4 Å². The van der Waals surface area contributed by atoms with Crippen molar-refractivity contribution < 1.29 is 4.87 Å². The summed E-state index contributed by atoms with van der Waals surface area (Å²) in [5.41, 5.74) is 2.44. The van der Waals surface area contributed by atoms with Gasteiger partial charge in [0.1, 0.15) is 4.87 Å². The lowest BCUT2D eigenvalue weighted by Crippen LogP contribution is -2.22. The number of nitroso groups, excluding NO2 is 1. The molecule has 0 saturated heterocycles. The molecule has 0 spiro atoms. The van der Waals surface area contributed by atoms with E-state index in [2.05, 4.69) is 10.4 Å². The lowest BCUT2D eigenvalue weighted by Gasteiger charge is -1.75. The molecule has 0 aromatic heterocycles. The van der Waals surface area contributed by atoms with Gasteiger partial charge in [-0.2, -0.15) is 4.99 Å². The van der Waals surface area contributed by atoms with Crippen molar-refractivity contribution in [2.75, 3.05) is 6.67 Å². The molecule has 0 aromatic rings. The second kappa shape index (κ2) is 1.29. The summed E-state index contributed by atoms with van der Waals surface area (Å²) < 4.78 is 0. The normalized spacial score (nSPS) is 19.0. The van der Waals surface area contributed by atoms with Gasteiger partial charge in [0.2, 0.25) is 0 Å². The number of hydrogen-bond acceptors (Lipinski definition) is 2. The van der Waals surface area contributed by atoms with E-state index in [4.69, 9.17) is 0 Å². The molecule has 0 radical (unpaired) electrons. The summed E-state index contributed by atoms with van der Waals surface area (Å²) in [7, 11) is 0. The Kier molecular flexibility index (Phi) is 0.780. The first-order valence-corrected chi connectivity index (χ1v) is 2.01. The molecule has 0 aliphatic carbocycles. The quantitative estimate of drug-likeness (QED) is 0.423. The smallest absolute Gasteiger partial charge is 0.195 e. The molecule has 7 heavy (non-hydrogen) atoms. The molecule has 4 heteroatoms. The van der Waals surface area contributed by atoms with Crippen LogP contribution < -0.4 is 5.43 Å². The Balaban J connectivity index is 2.58. The topological polar surface area (TPSA) is 44.5 Å². The van der Waals surface area contributed by atoms with Crippen LogP contribution in [-0.2, 0) is 0 Å². The van der Waals surface area contributed by atoms with Crippen molar-refractivity contribution in [2.24, 2.45) is 4.99 Å². The average Bonchev–Trinajstić information content (AvgIpc) is 1.87. The summed E-state index contributed by atoms with van der Waals surface area (Å²) in [5, 5.41) is 0. The first kappa shape index (κ1) is 4.23. The van der Waals surface area contributed by atoms with Crippen LogP contribution in [0.4, 0.5) is 0 Å². The second-order valence-electron chi connectivity index (χ2n) is 1.38. The Hall–Kier alpha value is -0.930. The first-order valence-electron chi connectivity index (χ1n) is 2.01. The minimum absolute atomic E-state index is 0.228. The van der Waals surface area contributed by atoms with E-state index in [0.717, 1.165) is 0 Å². The van der Waals surface area contributed by atoms with Gasteiger partial charge >= 0.3 is 6.67 Å². The zero-order chi connectivity index (χ0) is 5.28. The Morgan fingerprint density at radius 3 is 2.86 bits per heavy atom. The van der Waals surface area contributed by atoms with Crippen molar-refractivity contribution in [1.82, 2.24) is 5.43 Å². The number of nitrogens with one attached hydrogen (secondary N) is 1. The van der Waals surface area contributed by atoms with E-state index in [-0.39, 0.29) is 6.67 Å². The van der Waals surface area contributed by atoms with Gasteiger partial charge in [-0.05, 0) is 6.92 Å². The molecule has 0 unspecified atom stereocenters. The summed E-state index contributed by atoms with van der Waals surface area (Å²) in [6.45, 7) is 1.98. The number of hydrogen-bond donors (Lipinski definition) is 1. The molecule has 1 N–H and O–H groups in total. The van der Waals surface area contributed by atoms with Crippen molar-refractivity contribution >= 4 is 5.84 Å². The molecule has 0 fully saturated rings. The predicted molar refractivity (Wildman–Crippen MR) is 24.7 cm³/mol. The minimum Gasteiger partial charge on any atom is -0.195 e. The molecule has 0 atom stereocenters. The molecule has 1 aliphatic rings. The lowest BCUT2D eigenvalue weighted by molar-refractivity contribution is -0.580. The van der Waals surface area contributed by atoms with E-state index in [1.807, 2.05) is 0 Å². The van der Waals surface area contributed by atoms with Gasteiger partial charge in [0.05, 0.1) is 4.91 Å². The average molecular weight is 100 g/mol. The maximum atomic E-state index is 10.1. The highest BCUT2D eigenvalue weighted by molar-refractivity contribution is 5.78. The van der Waals surface area contributed by atoms with Crippen molar-refractivity contribution in [3.8, 4) is 0 Å². The van der Waals surface area contributed by atoms with Gasteiger partial charge in [0.15, 0.2) is 5.84 Å². The zero-order valence-electron chi connectivity index (χ0n) is 4.01. The maximum absolute atomic E-state index is 10.1. The fourth-order valence-electron chi connectivity index (χ4n) is 0.421. The van der Waals surface area contributed by atoms with Crippen LogP contribution in [0.25, 0.3) is 0 Å². The fraction of sp³-hybridized carbons (Fsp3) is 0.667. The summed E-state index contributed by atoms with van der Waals surface area (Å²) in [5.74, 6) is 0.690. The molecule has 4 nitrogen and oxygen atoms in total. The SMILES string of the molecule is CC1=NC[N+](=O)N1. The number of amidine groups is 1. The van der Waals surface area contributed by atoms with Gasteiger partial charge in [-0.15, -0.1) is 5.43 Å². The van der Waals surface area contributed by atoms with Gasteiger partial charge in [-0.3, -0.25) is 0 Å². The number of hydrazine groups is 1. The van der Waals surface area contributed by atoms with Crippen molar-refractivity contribution in [3.63, 3.8) is 0 Å². The van der Waals surface area contributed by atoms with Crippen molar-refractivity contribution in [2.45, 2.75) is 6.92 Å². The molecule has 1 heterocycles. The van der Waals surface area contributed by atoms with Gasteiger partial charge in [-0.1, -0.05) is 0 Å². The molecule has 0 bridgehead atoms. The fourth-order valence-corrected chi connectivity index (χ4v) is 0.421. The van der Waals surface area contributed by atoms with Crippen LogP contribution in [0.1, 0.15) is 6.92 Å². The van der Waals surface area contributed by atoms with E-state index in [9.17, 15) is 4.91 Å². The van der Waals surface area contributed by atoms with E-state index in [1.54, 1.807) is 6.92 Å². The highest BCUT2D eigenvalue weighted by atomic mass is 16.3. The Labute approximate surface area is 40.8 Å². The summed E-state index contributed by atoms with van der Waals surface area (Å²) in [6, 6.07) is 0. The maximum Gasteiger partial charge on any atom is 0.318 e. The third-order valence-electron chi connectivity index (χ3n) is 0.723. The van der Waals surface area contributed by atoms with Crippen LogP contribution in [0.3, 0.4) is 0 Å². The van der Waals surface area contributed by atoms with Gasteiger partial charge in [0.25, 0.3) is 0 Å². The van der Waals surface area contributed by atoms with Gasteiger partial charge < -0.3 is 0 Å². The predicted octanol–water partition coefficient (Wildman–Crippen LogP) is -0.341. The van der Waals surface area contributed by atoms with E-state index in [1.165, 1.54) is 0 Å². The summed E-state index contributed by atoms with van der Waals surface area (Å²) in [6.07, 6.45) is 0. The third kappa shape index (κ3) is 0.734. The highest BCUT2D eigenvalue weighted by Crippen LogP contribution is 1.82. The van der Waals surface area contributed by atoms with Crippen molar-refractivity contribution in [3.05, 3.63) is 4.91 Å². The van der Waals surface area contributed by atoms with Crippen LogP contribution in [0, 0.1) is 4.91 Å². The number of aliphatic imine (C=N–C) groups is 1. The Morgan fingerprint density at radius 2 is 2.71 bits per heavy atom. The molecular weight excluding hydrogens is 94.1 g/mol. The van der Waals surface area contributed by atoms with Crippen LogP contribution in [0.2, 0.25) is 0 Å². The number of nitrogens with zero attached hydrogens (tertiary/aromatic N) is 2. The molecule has 0 aromatic carbocycles. The van der Waals surface area contributed by atoms with Crippen LogP contribution in [0.15, 0.2) is 4.99 Å². The minimum atomic E-state index is 0.228. The molecule has 0 amide bonds.